The van der Waals surface area contributed by atoms with Crippen LogP contribution in [0.5, 0.6) is 0 Å². The van der Waals surface area contributed by atoms with E-state index >= 15 is 0 Å². The number of carbonyl (C=O) groups is 2. The Kier molecular flexibility index (Phi) is 12.4. The van der Waals surface area contributed by atoms with Gasteiger partial charge in [0.25, 0.3) is 6.47 Å². The van der Waals surface area contributed by atoms with Crippen molar-refractivity contribution in [2.24, 2.45) is 0 Å². The van der Waals surface area contributed by atoms with Gasteiger partial charge in [0.2, 0.25) is 0 Å². The lowest BCUT2D eigenvalue weighted by Gasteiger charge is -1.75. The smallest absolute Gasteiger partial charge is 0.307 e. The van der Waals surface area contributed by atoms with Crippen LogP contribution in [0.1, 0.15) is 6.42 Å². The number of carbonyl (C=O) groups excluding carboxylic acids is 1. The van der Waals surface area contributed by atoms with Crippen molar-refractivity contribution in [3.05, 3.63) is 25.5 Å². The molecule has 0 heterocycles. The lowest BCUT2D eigenvalue weighted by Crippen LogP contribution is -1.88. The fraction of sp³-hybridized carbons (Fsp3) is 0.143. The molecule has 0 spiro atoms. The van der Waals surface area contributed by atoms with Crippen LogP contribution < -0.4 is 0 Å². The Morgan fingerprint density at radius 3 is 2.09 bits per heavy atom. The maximum absolute atomic E-state index is 9.53. The van der Waals surface area contributed by atoms with Crippen molar-refractivity contribution in [3.8, 4) is 0 Å². The molecule has 0 radical (unpaired) electrons. The van der Waals surface area contributed by atoms with E-state index in [-0.39, 0.29) is 6.42 Å². The summed E-state index contributed by atoms with van der Waals surface area (Å²) in [5, 5.41) is 7.84. The molecule has 0 rings (SSSR count). The van der Waals surface area contributed by atoms with Crippen LogP contribution >= 0.6 is 0 Å². The maximum Gasteiger partial charge on any atom is 0.307 e. The molecule has 0 aliphatic rings. The van der Waals surface area contributed by atoms with Gasteiger partial charge in [-0.15, -0.1) is 6.58 Å². The Morgan fingerprint density at radius 1 is 1.55 bits per heavy atom. The molecule has 4 nitrogen and oxygen atoms in total. The van der Waals surface area contributed by atoms with E-state index in [1.807, 2.05) is 0 Å². The van der Waals surface area contributed by atoms with Crippen molar-refractivity contribution in [2.75, 3.05) is 0 Å². The van der Waals surface area contributed by atoms with Crippen molar-refractivity contribution in [1.29, 1.82) is 0 Å². The quantitative estimate of drug-likeness (QED) is 0.376. The summed E-state index contributed by atoms with van der Waals surface area (Å²) < 4.78 is 3.92. The van der Waals surface area contributed by atoms with E-state index in [0.29, 0.717) is 6.47 Å². The summed E-state index contributed by atoms with van der Waals surface area (Å²) in [6.45, 7) is 6.63. The van der Waals surface area contributed by atoms with Crippen LogP contribution in [-0.4, -0.2) is 17.5 Å². The van der Waals surface area contributed by atoms with Crippen molar-refractivity contribution in [2.45, 2.75) is 6.42 Å². The second-order valence-electron chi connectivity index (χ2n) is 1.29. The number of hydrogen-bond donors (Lipinski definition) is 1. The molecule has 4 heteroatoms. The Hall–Kier alpha value is -1.58. The first-order valence-electron chi connectivity index (χ1n) is 2.71. The molecule has 0 saturated carbocycles. The third kappa shape index (κ3) is 29.7. The van der Waals surface area contributed by atoms with E-state index in [4.69, 9.17) is 9.90 Å². The second-order valence-corrected chi connectivity index (χ2v) is 1.29. The first-order chi connectivity index (χ1) is 5.18. The summed E-state index contributed by atoms with van der Waals surface area (Å²) >= 11 is 0. The Bertz CT molecular complexity index is 133. The summed E-state index contributed by atoms with van der Waals surface area (Å²) in [5.74, 6) is -0.829. The highest BCUT2D eigenvalue weighted by Gasteiger charge is 1.84. The van der Waals surface area contributed by atoms with Gasteiger partial charge >= 0.3 is 5.97 Å². The predicted octanol–water partition coefficient (Wildman–Crippen LogP) is 0.950. The van der Waals surface area contributed by atoms with Crippen LogP contribution in [0.3, 0.4) is 0 Å². The molecule has 0 aromatic heterocycles. The number of aliphatic carboxylic acids is 1. The van der Waals surface area contributed by atoms with E-state index < -0.39 is 5.97 Å². The molecule has 0 unspecified atom stereocenters. The van der Waals surface area contributed by atoms with Gasteiger partial charge in [0.15, 0.2) is 0 Å². The first kappa shape index (κ1) is 12.1. The summed E-state index contributed by atoms with van der Waals surface area (Å²) in [6.07, 6.45) is 2.47. The summed E-state index contributed by atoms with van der Waals surface area (Å²) in [6, 6.07) is 0. The molecule has 0 aromatic rings. The fourth-order valence-electron chi connectivity index (χ4n) is 0.163. The largest absolute Gasteiger partial charge is 0.481 e. The van der Waals surface area contributed by atoms with Crippen LogP contribution in [0.25, 0.3) is 0 Å². The van der Waals surface area contributed by atoms with Gasteiger partial charge in [-0.05, 0) is 0 Å². The van der Waals surface area contributed by atoms with Crippen LogP contribution in [-0.2, 0) is 14.3 Å². The number of rotatable bonds is 4. The van der Waals surface area contributed by atoms with Gasteiger partial charge in [-0.25, -0.2) is 0 Å². The van der Waals surface area contributed by atoms with Gasteiger partial charge in [-0.1, -0.05) is 12.7 Å². The van der Waals surface area contributed by atoms with Crippen molar-refractivity contribution < 1.29 is 19.4 Å². The molecule has 0 aromatic carbocycles. The molecule has 11 heavy (non-hydrogen) atoms. The van der Waals surface area contributed by atoms with Crippen LogP contribution in [0.15, 0.2) is 25.5 Å². The van der Waals surface area contributed by atoms with Crippen molar-refractivity contribution in [3.63, 3.8) is 0 Å². The average Bonchev–Trinajstić information content (AvgIpc) is 1.90. The molecule has 0 fully saturated rings. The Labute approximate surface area is 64.8 Å². The van der Waals surface area contributed by atoms with Gasteiger partial charge in [-0.2, -0.15) is 0 Å². The molecule has 0 bridgehead atoms. The first-order valence-corrected chi connectivity index (χ1v) is 2.71. The highest BCUT2D eigenvalue weighted by molar-refractivity contribution is 5.68. The topological polar surface area (TPSA) is 63.6 Å². The van der Waals surface area contributed by atoms with E-state index in [9.17, 15) is 4.79 Å². The lowest BCUT2D eigenvalue weighted by molar-refractivity contribution is -0.136. The molecule has 0 atom stereocenters. The summed E-state index contributed by atoms with van der Waals surface area (Å²) in [7, 11) is 0. The molecular weight excluding hydrogens is 148 g/mol. The zero-order chi connectivity index (χ0) is 9.11. The van der Waals surface area contributed by atoms with Gasteiger partial charge in [0.1, 0.15) is 0 Å². The minimum Gasteiger partial charge on any atom is -0.481 e. The van der Waals surface area contributed by atoms with E-state index in [1.165, 1.54) is 6.08 Å². The predicted molar refractivity (Wildman–Crippen MR) is 39.8 cm³/mol. The standard InChI is InChI=1S/C4H6O2.C3H4O2/c1-2-3-4(5)6;1-2-5-3-4/h2H,1,3H2,(H,5,6);2-3H,1H2. The zero-order valence-corrected chi connectivity index (χ0v) is 6.03. The molecule has 1 N–H and O–H groups in total. The van der Waals surface area contributed by atoms with Crippen LogP contribution in [0.2, 0.25) is 0 Å². The van der Waals surface area contributed by atoms with E-state index in [0.717, 1.165) is 6.26 Å². The third-order valence-electron chi connectivity index (χ3n) is 0.471. The normalized spacial score (nSPS) is 6.55. The van der Waals surface area contributed by atoms with Gasteiger partial charge in [-0.3, -0.25) is 9.59 Å². The minimum atomic E-state index is -0.829. The molecule has 0 aliphatic heterocycles. The Morgan fingerprint density at radius 2 is 2.09 bits per heavy atom. The van der Waals surface area contributed by atoms with Crippen LogP contribution in [0.4, 0.5) is 0 Å². The number of carboxylic acid groups (broad SMARTS) is 1. The monoisotopic (exact) mass is 158 g/mol. The molecule has 0 saturated heterocycles. The highest BCUT2D eigenvalue weighted by atomic mass is 16.5. The van der Waals surface area contributed by atoms with Crippen molar-refractivity contribution in [1.82, 2.24) is 0 Å². The molecule has 0 amide bonds. The SMILES string of the molecule is C=CCC(=O)O.C=COC=O. The Balaban J connectivity index is 0. The summed E-state index contributed by atoms with van der Waals surface area (Å²) in [4.78, 5) is 18.6. The molecular formula is C7H10O4. The van der Waals surface area contributed by atoms with Gasteiger partial charge in [0.05, 0.1) is 12.7 Å². The third-order valence-corrected chi connectivity index (χ3v) is 0.471. The molecule has 0 aliphatic carbocycles. The van der Waals surface area contributed by atoms with Crippen molar-refractivity contribution >= 4 is 12.4 Å². The average molecular weight is 158 g/mol. The molecule has 62 valence electrons. The van der Waals surface area contributed by atoms with E-state index in [1.54, 1.807) is 0 Å². The fourth-order valence-corrected chi connectivity index (χ4v) is 0.163. The maximum atomic E-state index is 9.53. The van der Waals surface area contributed by atoms with Crippen LogP contribution in [0, 0.1) is 0 Å². The number of ether oxygens (including phenoxy) is 1. The highest BCUT2D eigenvalue weighted by Crippen LogP contribution is 1.74. The summed E-state index contributed by atoms with van der Waals surface area (Å²) in [5.41, 5.74) is 0. The number of carboxylic acids is 1. The number of hydrogen-bond acceptors (Lipinski definition) is 3. The second kappa shape index (κ2) is 11.2. The lowest BCUT2D eigenvalue weighted by atomic mass is 10.4. The van der Waals surface area contributed by atoms with E-state index in [2.05, 4.69) is 17.9 Å². The minimum absolute atomic E-state index is 0.0556. The zero-order valence-electron chi connectivity index (χ0n) is 6.03. The van der Waals surface area contributed by atoms with Gasteiger partial charge < -0.3 is 9.84 Å². The van der Waals surface area contributed by atoms with Gasteiger partial charge in [0, 0.05) is 0 Å².